The molecule has 1 amide bonds. The van der Waals surface area contributed by atoms with E-state index in [0.29, 0.717) is 17.9 Å². The molecule has 1 aromatic carbocycles. The topological polar surface area (TPSA) is 88.2 Å². The van der Waals surface area contributed by atoms with E-state index in [1.807, 2.05) is 6.26 Å². The molecule has 0 spiro atoms. The number of nitrogens with one attached hydrogen (secondary N) is 2. The Labute approximate surface area is 166 Å². The lowest BCUT2D eigenvalue weighted by atomic mass is 10.2. The van der Waals surface area contributed by atoms with Crippen LogP contribution in [0.15, 0.2) is 47.6 Å². The molecule has 0 aliphatic heterocycles. The second kappa shape index (κ2) is 9.57. The molecule has 0 saturated heterocycles. The lowest BCUT2D eigenvalue weighted by molar-refractivity contribution is -0.117. The fourth-order valence-electron chi connectivity index (χ4n) is 2.08. The molecule has 2 rings (SSSR count). The monoisotopic (exact) mass is 433 g/mol. The highest BCUT2D eigenvalue weighted by Crippen LogP contribution is 2.25. The number of halogens is 2. The number of benzene rings is 1. The van der Waals surface area contributed by atoms with Crippen molar-refractivity contribution in [3.63, 3.8) is 0 Å². The summed E-state index contributed by atoms with van der Waals surface area (Å²) in [5.74, 6) is 0.116. The summed E-state index contributed by atoms with van der Waals surface area (Å²) in [6.07, 6.45) is 5.24. The molecule has 1 atom stereocenters. The number of pyridine rings is 1. The molecule has 1 heterocycles. The highest BCUT2D eigenvalue weighted by atomic mass is 35.5. The van der Waals surface area contributed by atoms with Crippen LogP contribution in [0.3, 0.4) is 0 Å². The van der Waals surface area contributed by atoms with E-state index in [-0.39, 0.29) is 14.9 Å². The summed E-state index contributed by atoms with van der Waals surface area (Å²) in [5.41, 5.74) is 0.478. The zero-order chi connectivity index (χ0) is 19.2. The van der Waals surface area contributed by atoms with Gasteiger partial charge in [-0.15, -0.1) is 0 Å². The average molecular weight is 434 g/mol. The Balaban J connectivity index is 2.23. The largest absolute Gasteiger partial charge is 0.323 e. The van der Waals surface area contributed by atoms with Gasteiger partial charge in [-0.05, 0) is 48.8 Å². The molecule has 0 bridgehead atoms. The molecule has 1 aromatic heterocycles. The van der Waals surface area contributed by atoms with E-state index in [4.69, 9.17) is 23.2 Å². The van der Waals surface area contributed by atoms with Crippen LogP contribution in [0.5, 0.6) is 0 Å². The van der Waals surface area contributed by atoms with E-state index in [9.17, 15) is 13.2 Å². The summed E-state index contributed by atoms with van der Waals surface area (Å²) in [7, 11) is -4.03. The van der Waals surface area contributed by atoms with Crippen LogP contribution in [0.4, 0.5) is 5.69 Å². The van der Waals surface area contributed by atoms with Gasteiger partial charge in [0.25, 0.3) is 0 Å². The van der Waals surface area contributed by atoms with Crippen molar-refractivity contribution >= 4 is 56.6 Å². The van der Waals surface area contributed by atoms with Crippen LogP contribution in [-0.4, -0.2) is 37.4 Å². The summed E-state index contributed by atoms with van der Waals surface area (Å²) < 4.78 is 27.8. The zero-order valence-electron chi connectivity index (χ0n) is 13.8. The summed E-state index contributed by atoms with van der Waals surface area (Å²) >= 11 is 13.4. The molecule has 26 heavy (non-hydrogen) atoms. The predicted molar refractivity (Wildman–Crippen MR) is 106 cm³/mol. The molecule has 0 fully saturated rings. The zero-order valence-corrected chi connectivity index (χ0v) is 16.9. The first-order valence-corrected chi connectivity index (χ1v) is 11.1. The van der Waals surface area contributed by atoms with Crippen LogP contribution in [0.2, 0.25) is 10.0 Å². The number of amides is 1. The number of hydrogen-bond donors (Lipinski definition) is 2. The van der Waals surface area contributed by atoms with E-state index in [0.717, 1.165) is 0 Å². The van der Waals surface area contributed by atoms with Gasteiger partial charge in [0.1, 0.15) is 10.9 Å². The number of nitrogens with zero attached hydrogens (tertiary/aromatic N) is 1. The van der Waals surface area contributed by atoms with Crippen LogP contribution < -0.4 is 10.0 Å². The molecule has 0 radical (unpaired) electrons. The summed E-state index contributed by atoms with van der Waals surface area (Å²) in [6.45, 7) is 0. The van der Waals surface area contributed by atoms with Crippen molar-refractivity contribution in [2.24, 2.45) is 0 Å². The molecular formula is C16H17Cl2N3O3S2. The first-order valence-electron chi connectivity index (χ1n) is 7.50. The van der Waals surface area contributed by atoms with E-state index in [1.54, 1.807) is 18.3 Å². The van der Waals surface area contributed by atoms with Gasteiger partial charge in [0.15, 0.2) is 0 Å². The second-order valence-corrected chi connectivity index (χ2v) is 8.77. The standard InChI is InChI=1S/C16H17Cl2N3O3S2/c1-25-8-6-14(16(22)20-12-3-2-7-19-10-12)21-26(23,24)15-9-11(17)4-5-13(15)18/h2-5,7,9-10,14,21H,6,8H2,1H3,(H,20,22)/t14-/m1/s1. The third-order valence-corrected chi connectivity index (χ3v) is 6.17. The predicted octanol–water partition coefficient (Wildman–Crippen LogP) is 3.43. The number of thioether (sulfide) groups is 1. The first kappa shape index (κ1) is 21.0. The minimum Gasteiger partial charge on any atom is -0.323 e. The van der Waals surface area contributed by atoms with Crippen molar-refractivity contribution in [1.29, 1.82) is 0 Å². The van der Waals surface area contributed by atoms with Gasteiger partial charge < -0.3 is 5.32 Å². The maximum absolute atomic E-state index is 12.7. The van der Waals surface area contributed by atoms with Gasteiger partial charge in [-0.3, -0.25) is 9.78 Å². The molecule has 140 valence electrons. The van der Waals surface area contributed by atoms with Crippen LogP contribution in [0.25, 0.3) is 0 Å². The van der Waals surface area contributed by atoms with Crippen molar-refractivity contribution in [3.8, 4) is 0 Å². The normalized spacial score (nSPS) is 12.6. The number of carbonyl (C=O) groups excluding carboxylic acids is 1. The van der Waals surface area contributed by atoms with Crippen LogP contribution in [-0.2, 0) is 14.8 Å². The highest BCUT2D eigenvalue weighted by Gasteiger charge is 2.27. The smallest absolute Gasteiger partial charge is 0.242 e. The number of sulfonamides is 1. The van der Waals surface area contributed by atoms with E-state index < -0.39 is 22.0 Å². The summed E-state index contributed by atoms with van der Waals surface area (Å²) in [6, 6.07) is 6.50. The van der Waals surface area contributed by atoms with Crippen molar-refractivity contribution in [1.82, 2.24) is 9.71 Å². The minimum atomic E-state index is -4.03. The van der Waals surface area contributed by atoms with E-state index in [1.165, 1.54) is 36.2 Å². The molecule has 0 aliphatic rings. The van der Waals surface area contributed by atoms with Gasteiger partial charge in [-0.2, -0.15) is 16.5 Å². The fourth-order valence-corrected chi connectivity index (χ4v) is 4.54. The second-order valence-electron chi connectivity index (χ2n) is 5.26. The Hall–Kier alpha value is -1.32. The van der Waals surface area contributed by atoms with Crippen molar-refractivity contribution in [2.45, 2.75) is 17.4 Å². The Morgan fingerprint density at radius 2 is 2.08 bits per heavy atom. The Morgan fingerprint density at radius 1 is 1.31 bits per heavy atom. The van der Waals surface area contributed by atoms with Crippen LogP contribution >= 0.6 is 35.0 Å². The molecule has 10 heteroatoms. The minimum absolute atomic E-state index is 0.0261. The number of anilines is 1. The number of rotatable bonds is 8. The van der Waals surface area contributed by atoms with Crippen molar-refractivity contribution in [3.05, 3.63) is 52.8 Å². The number of carbonyl (C=O) groups is 1. The lowest BCUT2D eigenvalue weighted by Gasteiger charge is -2.18. The molecule has 0 unspecified atom stereocenters. The molecule has 2 N–H and O–H groups in total. The molecule has 2 aromatic rings. The quantitative estimate of drug-likeness (QED) is 0.665. The third kappa shape index (κ3) is 5.85. The Bertz CT molecular complexity index is 864. The SMILES string of the molecule is CSCC[C@@H](NS(=O)(=O)c1cc(Cl)ccc1Cl)C(=O)Nc1cccnc1. The van der Waals surface area contributed by atoms with Gasteiger partial charge >= 0.3 is 0 Å². The lowest BCUT2D eigenvalue weighted by Crippen LogP contribution is -2.44. The molecule has 6 nitrogen and oxygen atoms in total. The fraction of sp³-hybridized carbons (Fsp3) is 0.250. The highest BCUT2D eigenvalue weighted by molar-refractivity contribution is 7.98. The van der Waals surface area contributed by atoms with Crippen LogP contribution in [0.1, 0.15) is 6.42 Å². The number of aromatic nitrogens is 1. The van der Waals surface area contributed by atoms with E-state index >= 15 is 0 Å². The van der Waals surface area contributed by atoms with Crippen LogP contribution in [0, 0.1) is 0 Å². The first-order chi connectivity index (χ1) is 12.3. The summed E-state index contributed by atoms with van der Waals surface area (Å²) in [5, 5.41) is 2.91. The van der Waals surface area contributed by atoms with Crippen molar-refractivity contribution in [2.75, 3.05) is 17.3 Å². The Kier molecular flexibility index (Phi) is 7.72. The molecule has 0 aliphatic carbocycles. The average Bonchev–Trinajstić information content (AvgIpc) is 2.61. The summed E-state index contributed by atoms with van der Waals surface area (Å²) in [4.78, 5) is 16.3. The third-order valence-electron chi connectivity index (χ3n) is 3.34. The van der Waals surface area contributed by atoms with Gasteiger partial charge in [0.05, 0.1) is 16.9 Å². The molecule has 0 saturated carbocycles. The number of hydrogen-bond acceptors (Lipinski definition) is 5. The van der Waals surface area contributed by atoms with Gasteiger partial charge in [-0.25, -0.2) is 8.42 Å². The molecular weight excluding hydrogens is 417 g/mol. The Morgan fingerprint density at radius 3 is 2.73 bits per heavy atom. The van der Waals surface area contributed by atoms with Gasteiger partial charge in [-0.1, -0.05) is 23.2 Å². The maximum atomic E-state index is 12.7. The van der Waals surface area contributed by atoms with Gasteiger partial charge in [0, 0.05) is 11.2 Å². The van der Waals surface area contributed by atoms with Gasteiger partial charge in [0.2, 0.25) is 15.9 Å². The van der Waals surface area contributed by atoms with E-state index in [2.05, 4.69) is 15.0 Å². The van der Waals surface area contributed by atoms with Crippen molar-refractivity contribution < 1.29 is 13.2 Å². The maximum Gasteiger partial charge on any atom is 0.242 e.